The minimum atomic E-state index is -2.06. The van der Waals surface area contributed by atoms with Gasteiger partial charge in [0.25, 0.3) is 0 Å². The van der Waals surface area contributed by atoms with E-state index in [0.717, 1.165) is 0 Å². The highest BCUT2D eigenvalue weighted by Crippen LogP contribution is 2.24. The van der Waals surface area contributed by atoms with Crippen molar-refractivity contribution in [3.05, 3.63) is 0 Å². The van der Waals surface area contributed by atoms with Crippen molar-refractivity contribution in [3.8, 4) is 0 Å². The van der Waals surface area contributed by atoms with Crippen LogP contribution in [0.15, 0.2) is 0 Å². The lowest BCUT2D eigenvalue weighted by molar-refractivity contribution is 0.228. The molecule has 0 aromatic carbocycles. The van der Waals surface area contributed by atoms with Gasteiger partial charge in [-0.1, -0.05) is 0 Å². The van der Waals surface area contributed by atoms with Gasteiger partial charge in [0.05, 0.1) is 10.8 Å². The smallest absolute Gasteiger partial charge is 0.124 e. The van der Waals surface area contributed by atoms with E-state index in [2.05, 4.69) is 0 Å². The third-order valence-corrected chi connectivity index (χ3v) is 1.79. The molecule has 16 heavy (non-hydrogen) atoms. The third kappa shape index (κ3) is 24.2. The Hall–Kier alpha value is 0.890. The largest absolute Gasteiger partial charge is 0.697 e. The summed E-state index contributed by atoms with van der Waals surface area (Å²) in [5.41, 5.74) is 0. The maximum absolute atomic E-state index is 10.8. The van der Waals surface area contributed by atoms with Gasteiger partial charge in [0.1, 0.15) is 13.2 Å². The van der Waals surface area contributed by atoms with Crippen molar-refractivity contribution < 1.29 is 13.6 Å². The van der Waals surface area contributed by atoms with E-state index in [0.29, 0.717) is 5.38 Å². The van der Waals surface area contributed by atoms with E-state index < -0.39 is 8.25 Å². The Labute approximate surface area is 114 Å². The normalized spacial score (nSPS) is 15.1. The SMILES string of the molecule is CC(C)Cl.CC(Cl)CO[P+](=O)OCC(C)Cl. The van der Waals surface area contributed by atoms with Crippen molar-refractivity contribution in [1.82, 2.24) is 0 Å². The van der Waals surface area contributed by atoms with Crippen molar-refractivity contribution in [2.24, 2.45) is 0 Å². The number of alkyl halides is 3. The molecular weight excluding hydrogens is 293 g/mol. The van der Waals surface area contributed by atoms with Crippen molar-refractivity contribution in [1.29, 1.82) is 0 Å². The van der Waals surface area contributed by atoms with E-state index in [1.165, 1.54) is 0 Å². The number of hydrogen-bond donors (Lipinski definition) is 0. The van der Waals surface area contributed by atoms with Crippen LogP contribution in [0.3, 0.4) is 0 Å². The second kappa shape index (κ2) is 12.3. The minimum Gasteiger partial charge on any atom is -0.124 e. The molecule has 0 amide bonds. The van der Waals surface area contributed by atoms with E-state index in [4.69, 9.17) is 43.9 Å². The average Bonchev–Trinajstić information content (AvgIpc) is 2.10. The van der Waals surface area contributed by atoms with Crippen LogP contribution < -0.4 is 0 Å². The highest BCUT2D eigenvalue weighted by molar-refractivity contribution is 7.33. The fourth-order valence-electron chi connectivity index (χ4n) is 0.364. The predicted molar refractivity (Wildman–Crippen MR) is 71.1 cm³/mol. The zero-order valence-corrected chi connectivity index (χ0v) is 13.1. The summed E-state index contributed by atoms with van der Waals surface area (Å²) in [6, 6.07) is 0. The Morgan fingerprint density at radius 1 is 0.938 bits per heavy atom. The molecule has 0 N–H and O–H groups in total. The molecular formula is C9H19Cl3O3P+. The third-order valence-electron chi connectivity index (χ3n) is 0.819. The first-order valence-electron chi connectivity index (χ1n) is 4.91. The zero-order valence-electron chi connectivity index (χ0n) is 9.95. The molecule has 0 fully saturated rings. The summed E-state index contributed by atoms with van der Waals surface area (Å²) < 4.78 is 20.3. The summed E-state index contributed by atoms with van der Waals surface area (Å²) in [6.45, 7) is 7.79. The summed E-state index contributed by atoms with van der Waals surface area (Å²) in [4.78, 5) is 0. The monoisotopic (exact) mass is 311 g/mol. The van der Waals surface area contributed by atoms with Gasteiger partial charge in [0.15, 0.2) is 0 Å². The molecule has 0 aromatic rings. The summed E-state index contributed by atoms with van der Waals surface area (Å²) in [7, 11) is -2.06. The molecule has 2 atom stereocenters. The van der Waals surface area contributed by atoms with Crippen molar-refractivity contribution in [3.63, 3.8) is 0 Å². The predicted octanol–water partition coefficient (Wildman–Crippen LogP) is 4.57. The van der Waals surface area contributed by atoms with E-state index in [-0.39, 0.29) is 24.0 Å². The van der Waals surface area contributed by atoms with Crippen LogP contribution >= 0.6 is 43.1 Å². The van der Waals surface area contributed by atoms with Crippen LogP contribution in [-0.4, -0.2) is 29.3 Å². The Kier molecular flexibility index (Phi) is 14.8. The highest BCUT2D eigenvalue weighted by Gasteiger charge is 2.21. The van der Waals surface area contributed by atoms with Gasteiger partial charge in [-0.25, -0.2) is 0 Å². The van der Waals surface area contributed by atoms with Crippen LogP contribution in [0, 0.1) is 0 Å². The second-order valence-electron chi connectivity index (χ2n) is 3.39. The molecule has 0 rings (SSSR count). The quantitative estimate of drug-likeness (QED) is 0.532. The molecule has 0 saturated heterocycles. The number of rotatable bonds is 6. The van der Waals surface area contributed by atoms with Crippen molar-refractivity contribution in [2.75, 3.05) is 13.2 Å². The lowest BCUT2D eigenvalue weighted by atomic mass is 10.5. The maximum Gasteiger partial charge on any atom is 0.697 e. The van der Waals surface area contributed by atoms with E-state index in [9.17, 15) is 4.57 Å². The molecule has 3 nitrogen and oxygen atoms in total. The van der Waals surface area contributed by atoms with Crippen LogP contribution in [0.5, 0.6) is 0 Å². The Balaban J connectivity index is 0. The first kappa shape index (κ1) is 19.2. The van der Waals surface area contributed by atoms with Crippen LogP contribution in [0.25, 0.3) is 0 Å². The molecule has 0 heterocycles. The Bertz CT molecular complexity index is 161. The second-order valence-corrected chi connectivity index (χ2v) is 6.72. The topological polar surface area (TPSA) is 35.5 Å². The van der Waals surface area contributed by atoms with E-state index in [1.54, 1.807) is 13.8 Å². The molecule has 0 bridgehead atoms. The van der Waals surface area contributed by atoms with Crippen LogP contribution in [0.4, 0.5) is 0 Å². The molecule has 98 valence electrons. The molecule has 7 heteroatoms. The van der Waals surface area contributed by atoms with Gasteiger partial charge < -0.3 is 0 Å². The van der Waals surface area contributed by atoms with Crippen molar-refractivity contribution in [2.45, 2.75) is 43.8 Å². The van der Waals surface area contributed by atoms with Crippen LogP contribution in [-0.2, 0) is 13.6 Å². The lowest BCUT2D eigenvalue weighted by Gasteiger charge is -1.95. The van der Waals surface area contributed by atoms with Gasteiger partial charge >= 0.3 is 8.25 Å². The molecule has 0 spiro atoms. The van der Waals surface area contributed by atoms with Crippen LogP contribution in [0.2, 0.25) is 0 Å². The Morgan fingerprint density at radius 2 is 1.19 bits per heavy atom. The van der Waals surface area contributed by atoms with Gasteiger partial charge in [0, 0.05) is 9.94 Å². The van der Waals surface area contributed by atoms with Crippen LogP contribution in [0.1, 0.15) is 27.7 Å². The first-order chi connectivity index (χ1) is 7.25. The van der Waals surface area contributed by atoms with Gasteiger partial charge in [-0.05, 0) is 27.7 Å². The van der Waals surface area contributed by atoms with Gasteiger partial charge in [-0.3, -0.25) is 0 Å². The number of hydrogen-bond acceptors (Lipinski definition) is 3. The van der Waals surface area contributed by atoms with Gasteiger partial charge in [-0.2, -0.15) is 0 Å². The molecule has 0 aliphatic rings. The summed E-state index contributed by atoms with van der Waals surface area (Å²) >= 11 is 16.4. The minimum absolute atomic E-state index is 0.166. The number of halogens is 3. The average molecular weight is 313 g/mol. The maximum atomic E-state index is 10.8. The Morgan fingerprint density at radius 3 is 1.38 bits per heavy atom. The van der Waals surface area contributed by atoms with Gasteiger partial charge in [0.2, 0.25) is 0 Å². The highest BCUT2D eigenvalue weighted by atomic mass is 35.5. The lowest BCUT2D eigenvalue weighted by Crippen LogP contribution is -2.03. The van der Waals surface area contributed by atoms with E-state index >= 15 is 0 Å². The molecule has 0 aliphatic heterocycles. The molecule has 0 aromatic heterocycles. The standard InChI is InChI=1S/C6H12Cl2O3P.C3H7Cl/c1-5(7)3-10-12(9)11-4-6(2)8;1-3(2)4/h5-6H,3-4H2,1-2H3;3H,1-2H3/q+1;. The zero-order chi connectivity index (χ0) is 13.1. The molecule has 2 unspecified atom stereocenters. The fraction of sp³-hybridized carbons (Fsp3) is 1.00. The van der Waals surface area contributed by atoms with E-state index in [1.807, 2.05) is 13.8 Å². The molecule has 0 radical (unpaired) electrons. The fourth-order valence-corrected chi connectivity index (χ4v) is 1.43. The first-order valence-corrected chi connectivity index (χ1v) is 7.31. The summed E-state index contributed by atoms with van der Waals surface area (Å²) in [5.74, 6) is 0. The molecule has 0 aliphatic carbocycles. The molecule has 0 saturated carbocycles. The summed E-state index contributed by atoms with van der Waals surface area (Å²) in [6.07, 6.45) is 0. The van der Waals surface area contributed by atoms with Crippen molar-refractivity contribution >= 4 is 43.1 Å². The van der Waals surface area contributed by atoms with Gasteiger partial charge in [-0.15, -0.1) is 43.9 Å². The summed E-state index contributed by atoms with van der Waals surface area (Å²) in [5, 5.41) is -0.0260.